The average Bonchev–Trinajstić information content (AvgIpc) is 3.88. The predicted molar refractivity (Wildman–Crippen MR) is 183 cm³/mol. The first-order chi connectivity index (χ1) is 19.9. The molecule has 41 heavy (non-hydrogen) atoms. The summed E-state index contributed by atoms with van der Waals surface area (Å²) >= 11 is 0. The number of nitrogens with one attached hydrogen (secondary N) is 1. The van der Waals surface area contributed by atoms with Gasteiger partial charge in [-0.05, 0) is 98.4 Å². The molecule has 0 bridgehead atoms. The Kier molecular flexibility index (Phi) is 16.9. The predicted octanol–water partition coefficient (Wildman–Crippen LogP) is 10.2. The van der Waals surface area contributed by atoms with Crippen LogP contribution >= 0.6 is 0 Å². The zero-order valence-corrected chi connectivity index (χ0v) is 27.3. The van der Waals surface area contributed by atoms with Gasteiger partial charge in [0.1, 0.15) is 6.29 Å². The lowest BCUT2D eigenvalue weighted by Gasteiger charge is -2.25. The Labute approximate surface area is 252 Å². The fourth-order valence-electron chi connectivity index (χ4n) is 5.18. The molecule has 1 aliphatic rings. The Bertz CT molecular complexity index is 1210. The highest BCUT2D eigenvalue weighted by Gasteiger charge is 2.30. The highest BCUT2D eigenvalue weighted by Crippen LogP contribution is 2.44. The van der Waals surface area contributed by atoms with Gasteiger partial charge >= 0.3 is 0 Å². The summed E-state index contributed by atoms with van der Waals surface area (Å²) in [7, 11) is 6.52. The molecule has 2 unspecified atom stereocenters. The lowest BCUT2D eigenvalue weighted by molar-refractivity contribution is 0.112. The monoisotopic (exact) mass is 552 g/mol. The molecule has 0 aromatic heterocycles. The molecule has 4 rings (SSSR count). The maximum absolute atomic E-state index is 11.9. The summed E-state index contributed by atoms with van der Waals surface area (Å²) < 4.78 is 0. The van der Waals surface area contributed by atoms with E-state index in [-0.39, 0.29) is 12.0 Å². The number of nitrogens with zero attached hydrogens (tertiary/aromatic N) is 1. The summed E-state index contributed by atoms with van der Waals surface area (Å²) in [5.74, 6) is 0.889. The van der Waals surface area contributed by atoms with E-state index in [0.717, 1.165) is 36.1 Å². The number of aliphatic imine (C=N–C) groups is 1. The van der Waals surface area contributed by atoms with E-state index in [4.69, 9.17) is 4.99 Å². The Morgan fingerprint density at radius 1 is 0.976 bits per heavy atom. The van der Waals surface area contributed by atoms with Crippen LogP contribution in [0.4, 0.5) is 5.69 Å². The lowest BCUT2D eigenvalue weighted by Crippen LogP contribution is -2.35. The minimum Gasteiger partial charge on any atom is -0.312 e. The van der Waals surface area contributed by atoms with E-state index < -0.39 is 0 Å². The molecule has 1 N–H and O–H groups in total. The molecule has 3 aromatic rings. The van der Waals surface area contributed by atoms with Crippen molar-refractivity contribution >= 4 is 25.5 Å². The third-order valence-electron chi connectivity index (χ3n) is 7.36. The fraction of sp³-hybridized carbons (Fsp3) is 0.459. The SMILES string of the molecule is CC.CC.CCC(=Nc1ccc(-c2ccc(C)cc2)cc1C)C(CC(C)c1c(C=O)cccc1C1CC1)NC.[B]C. The van der Waals surface area contributed by atoms with E-state index in [1.54, 1.807) is 0 Å². The first-order valence-corrected chi connectivity index (χ1v) is 15.5. The molecule has 1 fully saturated rings. The molecule has 4 heteroatoms. The van der Waals surface area contributed by atoms with Crippen LogP contribution in [0.5, 0.6) is 0 Å². The number of aldehydes is 1. The number of hydrogen-bond donors (Lipinski definition) is 1. The van der Waals surface area contributed by atoms with E-state index >= 15 is 0 Å². The van der Waals surface area contributed by atoms with Crippen molar-refractivity contribution in [3.63, 3.8) is 0 Å². The van der Waals surface area contributed by atoms with E-state index in [1.165, 1.54) is 53.0 Å². The normalized spacial score (nSPS) is 13.8. The molecule has 1 saturated carbocycles. The molecule has 0 spiro atoms. The number of aryl methyl sites for hydroxylation is 2. The molecule has 220 valence electrons. The summed E-state index contributed by atoms with van der Waals surface area (Å²) in [5.41, 5.74) is 10.5. The number of hydrogen-bond acceptors (Lipinski definition) is 3. The zero-order chi connectivity index (χ0) is 30.9. The number of carbonyl (C=O) groups excluding carboxylic acids is 1. The molecule has 0 saturated heterocycles. The largest absolute Gasteiger partial charge is 0.312 e. The lowest BCUT2D eigenvalue weighted by atomic mass is 9.84. The van der Waals surface area contributed by atoms with Gasteiger partial charge in [0.25, 0.3) is 0 Å². The van der Waals surface area contributed by atoms with Crippen LogP contribution in [-0.4, -0.2) is 32.9 Å². The molecule has 3 aromatic carbocycles. The third-order valence-corrected chi connectivity index (χ3v) is 7.36. The quantitative estimate of drug-likeness (QED) is 0.154. The second-order valence-corrected chi connectivity index (χ2v) is 10.0. The van der Waals surface area contributed by atoms with Crippen LogP contribution in [0.2, 0.25) is 6.82 Å². The topological polar surface area (TPSA) is 41.5 Å². The van der Waals surface area contributed by atoms with Crippen molar-refractivity contribution < 1.29 is 4.79 Å². The first kappa shape index (κ1) is 36.1. The van der Waals surface area contributed by atoms with E-state index in [1.807, 2.05) is 46.9 Å². The van der Waals surface area contributed by atoms with Crippen LogP contribution in [0.1, 0.15) is 112 Å². The van der Waals surface area contributed by atoms with Gasteiger partial charge in [-0.25, -0.2) is 0 Å². The summed E-state index contributed by atoms with van der Waals surface area (Å²) in [6.07, 6.45) is 5.28. The third kappa shape index (κ3) is 10.1. The highest BCUT2D eigenvalue weighted by molar-refractivity contribution is 6.05. The molecule has 1 aliphatic carbocycles. The van der Waals surface area contributed by atoms with Crippen molar-refractivity contribution in [2.45, 2.75) is 106 Å². The maximum Gasteiger partial charge on any atom is 0.150 e. The van der Waals surface area contributed by atoms with Gasteiger partial charge in [-0.1, -0.05) is 102 Å². The molecule has 0 amide bonds. The van der Waals surface area contributed by atoms with Crippen LogP contribution in [0.15, 0.2) is 65.7 Å². The van der Waals surface area contributed by atoms with Gasteiger partial charge in [-0.15, -0.1) is 0 Å². The van der Waals surface area contributed by atoms with Gasteiger partial charge < -0.3 is 5.32 Å². The Morgan fingerprint density at radius 3 is 2.10 bits per heavy atom. The van der Waals surface area contributed by atoms with Crippen LogP contribution in [0, 0.1) is 13.8 Å². The molecule has 0 aliphatic heterocycles. The van der Waals surface area contributed by atoms with Crippen LogP contribution < -0.4 is 5.32 Å². The van der Waals surface area contributed by atoms with Crippen LogP contribution in [0.3, 0.4) is 0 Å². The second kappa shape index (κ2) is 19.2. The molecule has 0 heterocycles. The Hall–Kier alpha value is -2.98. The number of benzene rings is 3. The fourth-order valence-corrected chi connectivity index (χ4v) is 5.18. The molecular formula is C37H53BN2O. The van der Waals surface area contributed by atoms with E-state index in [9.17, 15) is 4.79 Å². The summed E-state index contributed by atoms with van der Waals surface area (Å²) in [4.78, 5) is 17.0. The van der Waals surface area contributed by atoms with Gasteiger partial charge in [-0.2, -0.15) is 0 Å². The summed E-state index contributed by atoms with van der Waals surface area (Å²) in [6.45, 7) is 18.2. The second-order valence-electron chi connectivity index (χ2n) is 10.0. The Morgan fingerprint density at radius 2 is 1.59 bits per heavy atom. The van der Waals surface area contributed by atoms with Crippen LogP contribution in [0.25, 0.3) is 11.1 Å². The smallest absolute Gasteiger partial charge is 0.150 e. The highest BCUT2D eigenvalue weighted by atomic mass is 16.1. The van der Waals surface area contributed by atoms with Gasteiger partial charge in [0.2, 0.25) is 0 Å². The average molecular weight is 553 g/mol. The van der Waals surface area contributed by atoms with E-state index in [2.05, 4.69) is 89.4 Å². The molecule has 3 nitrogen and oxygen atoms in total. The van der Waals surface area contributed by atoms with Crippen molar-refractivity contribution in [1.82, 2.24) is 5.32 Å². The molecule has 2 atom stereocenters. The molecular weight excluding hydrogens is 499 g/mol. The van der Waals surface area contributed by atoms with Crippen molar-refractivity contribution in [3.8, 4) is 11.1 Å². The van der Waals surface area contributed by atoms with Gasteiger partial charge in [0.15, 0.2) is 0 Å². The Balaban J connectivity index is 0.00000131. The van der Waals surface area contributed by atoms with E-state index in [0.29, 0.717) is 5.92 Å². The minimum atomic E-state index is 0.151. The van der Waals surface area contributed by atoms with Gasteiger partial charge in [0, 0.05) is 17.3 Å². The first-order valence-electron chi connectivity index (χ1n) is 15.5. The van der Waals surface area contributed by atoms with Gasteiger partial charge in [0.05, 0.1) is 13.5 Å². The minimum absolute atomic E-state index is 0.151. The van der Waals surface area contributed by atoms with Crippen molar-refractivity contribution in [1.29, 1.82) is 0 Å². The summed E-state index contributed by atoms with van der Waals surface area (Å²) in [6, 6.07) is 21.6. The number of rotatable bonds is 10. The zero-order valence-electron chi connectivity index (χ0n) is 27.3. The van der Waals surface area contributed by atoms with Crippen molar-refractivity contribution in [3.05, 3.63) is 88.5 Å². The van der Waals surface area contributed by atoms with Gasteiger partial charge in [-0.3, -0.25) is 9.79 Å². The molecule has 2 radical (unpaired) electrons. The van der Waals surface area contributed by atoms with Crippen LogP contribution in [-0.2, 0) is 0 Å². The van der Waals surface area contributed by atoms with Crippen molar-refractivity contribution in [2.24, 2.45) is 4.99 Å². The summed E-state index contributed by atoms with van der Waals surface area (Å²) in [5, 5.41) is 3.52. The van der Waals surface area contributed by atoms with Crippen molar-refractivity contribution in [2.75, 3.05) is 7.05 Å². The number of carbonyl (C=O) groups is 1. The maximum atomic E-state index is 11.9. The standard InChI is InChI=1S/C32H38N2O.2C2H6.CH3B/c1-6-29(34-30-17-16-26(18-22(30)3)24-12-10-21(2)11-13-24)31(33-5)19-23(4)32-27(20-35)8-7-9-28(32)25-14-15-25;3*1-2/h7-13,16-18,20,23,25,31,33H,6,14-15,19H2,1-5H3;2*1-2H3;1H3.